The molecule has 2 rings (SSSR count). The largest absolute Gasteiger partial charge is 0.507 e. The van der Waals surface area contributed by atoms with E-state index in [9.17, 15) is 10.2 Å². The van der Waals surface area contributed by atoms with Crippen LogP contribution in [0.25, 0.3) is 0 Å². The molecule has 120 valence electrons. The highest BCUT2D eigenvalue weighted by Gasteiger charge is 2.16. The number of hydrogen-bond donors (Lipinski definition) is 2. The Morgan fingerprint density at radius 3 is 1.57 bits per heavy atom. The molecule has 2 N–H and O–H groups in total. The Morgan fingerprint density at radius 1 is 0.783 bits per heavy atom. The number of hydrogen-bond acceptors (Lipinski definition) is 4. The molecule has 0 aromatic heterocycles. The second-order valence-electron chi connectivity index (χ2n) is 6.22. The molecule has 0 aliphatic carbocycles. The predicted molar refractivity (Wildman–Crippen MR) is 94.9 cm³/mol. The Hall–Kier alpha value is -2.62. The van der Waals surface area contributed by atoms with Crippen LogP contribution in [0.5, 0.6) is 11.5 Å². The van der Waals surface area contributed by atoms with Crippen LogP contribution in [-0.2, 0) is 0 Å². The molecular formula is C19H22N2O2. The molecule has 23 heavy (non-hydrogen) atoms. The molecule has 2 aromatic carbocycles. The molecule has 0 aliphatic rings. The van der Waals surface area contributed by atoms with Crippen molar-refractivity contribution < 1.29 is 10.2 Å². The predicted octanol–water partition coefficient (Wildman–Crippen LogP) is 3.66. The molecule has 0 radical (unpaired) electrons. The first kappa shape index (κ1) is 16.7. The number of phenols is 2. The van der Waals surface area contributed by atoms with Gasteiger partial charge in [0.1, 0.15) is 11.5 Å². The molecule has 0 saturated carbocycles. The Labute approximate surface area is 136 Å². The fourth-order valence-electron chi connectivity index (χ4n) is 2.03. The maximum absolute atomic E-state index is 9.69. The van der Waals surface area contributed by atoms with Gasteiger partial charge in [0.25, 0.3) is 0 Å². The van der Waals surface area contributed by atoms with Gasteiger partial charge in [0.15, 0.2) is 0 Å². The van der Waals surface area contributed by atoms with E-state index in [-0.39, 0.29) is 16.9 Å². The molecule has 0 atom stereocenters. The Balaban J connectivity index is 1.92. The highest BCUT2D eigenvalue weighted by atomic mass is 16.3. The molecule has 4 nitrogen and oxygen atoms in total. The van der Waals surface area contributed by atoms with Crippen LogP contribution in [0, 0.1) is 5.41 Å². The standard InChI is InChI=1S/C19H22N2O2/c1-19(2,13-20-11-15-7-3-5-9-17(15)22)14-21-12-16-8-4-6-10-18(16)23/h3-12,22-23H,13-14H2,1-2H3/b20-11+,21-12+. The van der Waals surface area contributed by atoms with Crippen LogP contribution in [0.1, 0.15) is 25.0 Å². The average Bonchev–Trinajstić information content (AvgIpc) is 2.51. The summed E-state index contributed by atoms with van der Waals surface area (Å²) in [6.45, 7) is 5.35. The lowest BCUT2D eigenvalue weighted by Gasteiger charge is -2.19. The fraction of sp³-hybridized carbons (Fsp3) is 0.263. The van der Waals surface area contributed by atoms with Crippen molar-refractivity contribution >= 4 is 12.4 Å². The van der Waals surface area contributed by atoms with E-state index in [1.54, 1.807) is 36.7 Å². The molecule has 0 bridgehead atoms. The van der Waals surface area contributed by atoms with E-state index >= 15 is 0 Å². The van der Waals surface area contributed by atoms with Crippen molar-refractivity contribution in [2.24, 2.45) is 15.4 Å². The SMILES string of the molecule is CC(C)(C/N=C/c1ccccc1O)C/N=C/c1ccccc1O. The van der Waals surface area contributed by atoms with Crippen molar-refractivity contribution in [1.82, 2.24) is 0 Å². The number of rotatable bonds is 6. The minimum Gasteiger partial charge on any atom is -0.507 e. The molecular weight excluding hydrogens is 288 g/mol. The average molecular weight is 310 g/mol. The molecule has 0 amide bonds. The summed E-state index contributed by atoms with van der Waals surface area (Å²) in [6.07, 6.45) is 3.37. The molecule has 0 saturated heterocycles. The lowest BCUT2D eigenvalue weighted by Crippen LogP contribution is -2.19. The van der Waals surface area contributed by atoms with Gasteiger partial charge in [-0.2, -0.15) is 0 Å². The zero-order valence-corrected chi connectivity index (χ0v) is 13.5. The van der Waals surface area contributed by atoms with Gasteiger partial charge in [0, 0.05) is 42.1 Å². The van der Waals surface area contributed by atoms with Gasteiger partial charge in [-0.1, -0.05) is 38.1 Å². The van der Waals surface area contributed by atoms with Crippen LogP contribution in [0.2, 0.25) is 0 Å². The second kappa shape index (κ2) is 7.58. The summed E-state index contributed by atoms with van der Waals surface area (Å²) in [5, 5.41) is 19.4. The first-order valence-corrected chi connectivity index (χ1v) is 7.54. The van der Waals surface area contributed by atoms with E-state index in [0.29, 0.717) is 24.2 Å². The lowest BCUT2D eigenvalue weighted by molar-refractivity contribution is 0.396. The van der Waals surface area contributed by atoms with Gasteiger partial charge in [0.2, 0.25) is 0 Å². The van der Waals surface area contributed by atoms with Gasteiger partial charge in [-0.3, -0.25) is 9.98 Å². The van der Waals surface area contributed by atoms with E-state index in [0.717, 1.165) is 0 Å². The quantitative estimate of drug-likeness (QED) is 0.800. The second-order valence-corrected chi connectivity index (χ2v) is 6.22. The third kappa shape index (κ3) is 5.25. The van der Waals surface area contributed by atoms with Crippen LogP contribution in [0.4, 0.5) is 0 Å². The summed E-state index contributed by atoms with van der Waals surface area (Å²) in [5.74, 6) is 0.457. The number of para-hydroxylation sites is 2. The zero-order valence-electron chi connectivity index (χ0n) is 13.5. The van der Waals surface area contributed by atoms with Crippen LogP contribution in [-0.4, -0.2) is 35.7 Å². The number of aliphatic imine (C=N–C) groups is 2. The van der Waals surface area contributed by atoms with Crippen LogP contribution in [0.15, 0.2) is 58.5 Å². The van der Waals surface area contributed by atoms with E-state index in [1.165, 1.54) is 0 Å². The molecule has 0 fully saturated rings. The summed E-state index contributed by atoms with van der Waals surface area (Å²) < 4.78 is 0. The lowest BCUT2D eigenvalue weighted by atomic mass is 9.94. The maximum atomic E-state index is 9.69. The Kier molecular flexibility index (Phi) is 5.52. The summed E-state index contributed by atoms with van der Waals surface area (Å²) in [7, 11) is 0. The van der Waals surface area contributed by atoms with E-state index < -0.39 is 0 Å². The summed E-state index contributed by atoms with van der Waals surface area (Å²) in [4.78, 5) is 8.82. The third-order valence-electron chi connectivity index (χ3n) is 3.37. The highest BCUT2D eigenvalue weighted by Crippen LogP contribution is 2.18. The number of nitrogens with zero attached hydrogens (tertiary/aromatic N) is 2. The molecule has 2 aromatic rings. The van der Waals surface area contributed by atoms with Crippen molar-refractivity contribution in [3.05, 3.63) is 59.7 Å². The zero-order chi connectivity index (χ0) is 16.7. The molecule has 4 heteroatoms. The van der Waals surface area contributed by atoms with Gasteiger partial charge < -0.3 is 10.2 Å². The molecule has 0 unspecified atom stereocenters. The van der Waals surface area contributed by atoms with Crippen LogP contribution < -0.4 is 0 Å². The maximum Gasteiger partial charge on any atom is 0.124 e. The highest BCUT2D eigenvalue weighted by molar-refractivity contribution is 5.83. The van der Waals surface area contributed by atoms with Crippen molar-refractivity contribution in [3.8, 4) is 11.5 Å². The van der Waals surface area contributed by atoms with Crippen molar-refractivity contribution in [2.75, 3.05) is 13.1 Å². The van der Waals surface area contributed by atoms with Crippen LogP contribution >= 0.6 is 0 Å². The minimum atomic E-state index is -0.109. The third-order valence-corrected chi connectivity index (χ3v) is 3.37. The van der Waals surface area contributed by atoms with Gasteiger partial charge in [-0.05, 0) is 24.3 Å². The first-order chi connectivity index (χ1) is 11.0. The summed E-state index contributed by atoms with van der Waals surface area (Å²) in [6, 6.07) is 14.2. The fourth-order valence-corrected chi connectivity index (χ4v) is 2.03. The van der Waals surface area contributed by atoms with E-state index in [2.05, 4.69) is 23.8 Å². The van der Waals surface area contributed by atoms with Crippen molar-refractivity contribution in [1.29, 1.82) is 0 Å². The summed E-state index contributed by atoms with van der Waals surface area (Å²) >= 11 is 0. The molecule has 0 heterocycles. The minimum absolute atomic E-state index is 0.109. The van der Waals surface area contributed by atoms with Gasteiger partial charge in [-0.25, -0.2) is 0 Å². The number of aromatic hydroxyl groups is 2. The van der Waals surface area contributed by atoms with E-state index in [4.69, 9.17) is 0 Å². The molecule has 0 spiro atoms. The Morgan fingerprint density at radius 2 is 1.17 bits per heavy atom. The number of benzene rings is 2. The van der Waals surface area contributed by atoms with E-state index in [1.807, 2.05) is 24.3 Å². The van der Waals surface area contributed by atoms with Gasteiger partial charge >= 0.3 is 0 Å². The molecule has 0 aliphatic heterocycles. The normalized spacial score (nSPS) is 12.3. The van der Waals surface area contributed by atoms with Crippen molar-refractivity contribution in [2.45, 2.75) is 13.8 Å². The smallest absolute Gasteiger partial charge is 0.124 e. The van der Waals surface area contributed by atoms with Gasteiger partial charge in [0.05, 0.1) is 0 Å². The summed E-state index contributed by atoms with van der Waals surface area (Å²) in [5.41, 5.74) is 1.31. The van der Waals surface area contributed by atoms with Crippen LogP contribution in [0.3, 0.4) is 0 Å². The van der Waals surface area contributed by atoms with Crippen molar-refractivity contribution in [3.63, 3.8) is 0 Å². The monoisotopic (exact) mass is 310 g/mol. The van der Waals surface area contributed by atoms with Gasteiger partial charge in [-0.15, -0.1) is 0 Å². The number of phenolic OH excluding ortho intramolecular Hbond substituents is 2. The topological polar surface area (TPSA) is 65.2 Å². The first-order valence-electron chi connectivity index (χ1n) is 7.54. The Bertz CT molecular complexity index is 647.